The summed E-state index contributed by atoms with van der Waals surface area (Å²) < 4.78 is 0. The molecule has 1 saturated heterocycles. The Balaban J connectivity index is 2.07. The van der Waals surface area contributed by atoms with Crippen molar-refractivity contribution in [3.63, 3.8) is 0 Å². The van der Waals surface area contributed by atoms with Gasteiger partial charge in [0.25, 0.3) is 0 Å². The molecule has 2 rings (SSSR count). The van der Waals surface area contributed by atoms with Gasteiger partial charge < -0.3 is 0 Å². The smallest absolute Gasteiger partial charge is 0.133 e. The van der Waals surface area contributed by atoms with Gasteiger partial charge in [-0.2, -0.15) is 0 Å². The van der Waals surface area contributed by atoms with Crippen LogP contribution in [-0.4, -0.2) is 22.5 Å². The molecule has 0 bridgehead atoms. The minimum Gasteiger partial charge on any atom is -0.296 e. The average molecular weight is 239 g/mol. The highest BCUT2D eigenvalue weighted by molar-refractivity contribution is 6.30. The number of pyridine rings is 1. The van der Waals surface area contributed by atoms with Gasteiger partial charge in [0.15, 0.2) is 0 Å². The maximum absolute atomic E-state index is 6.09. The molecule has 3 heteroatoms. The summed E-state index contributed by atoms with van der Waals surface area (Å²) >= 11 is 6.09. The number of hydrogen-bond acceptors (Lipinski definition) is 2. The fourth-order valence-electron chi connectivity index (χ4n) is 2.56. The summed E-state index contributed by atoms with van der Waals surface area (Å²) in [5.41, 5.74) is 1.15. The van der Waals surface area contributed by atoms with Crippen LogP contribution in [0.4, 0.5) is 0 Å². The zero-order chi connectivity index (χ0) is 11.5. The molecule has 1 aromatic heterocycles. The van der Waals surface area contributed by atoms with Crippen LogP contribution in [0.2, 0.25) is 5.15 Å². The Morgan fingerprint density at radius 3 is 3.06 bits per heavy atom. The minimum absolute atomic E-state index is 0.650. The summed E-state index contributed by atoms with van der Waals surface area (Å²) in [5, 5.41) is 0.650. The third kappa shape index (κ3) is 2.55. The Bertz CT molecular complexity index is 352. The Morgan fingerprint density at radius 2 is 2.38 bits per heavy atom. The third-order valence-corrected chi connectivity index (χ3v) is 3.73. The second-order valence-electron chi connectivity index (χ2n) is 4.88. The number of rotatable bonds is 3. The van der Waals surface area contributed by atoms with Crippen LogP contribution in [0.1, 0.15) is 32.3 Å². The minimum atomic E-state index is 0.650. The highest BCUT2D eigenvalue weighted by Crippen LogP contribution is 2.26. The van der Waals surface area contributed by atoms with Gasteiger partial charge in [0.1, 0.15) is 5.15 Å². The molecule has 0 aliphatic carbocycles. The van der Waals surface area contributed by atoms with Gasteiger partial charge in [0.2, 0.25) is 0 Å². The molecule has 1 aliphatic heterocycles. The zero-order valence-electron chi connectivity index (χ0n) is 9.99. The van der Waals surface area contributed by atoms with Gasteiger partial charge in [-0.15, -0.1) is 0 Å². The van der Waals surface area contributed by atoms with Crippen LogP contribution in [0.25, 0.3) is 0 Å². The summed E-state index contributed by atoms with van der Waals surface area (Å²) in [6.45, 7) is 6.73. The van der Waals surface area contributed by atoms with Crippen molar-refractivity contribution in [2.45, 2.75) is 39.3 Å². The zero-order valence-corrected chi connectivity index (χ0v) is 10.7. The summed E-state index contributed by atoms with van der Waals surface area (Å²) in [4.78, 5) is 6.67. The van der Waals surface area contributed by atoms with Crippen LogP contribution in [0, 0.1) is 5.92 Å². The molecule has 88 valence electrons. The molecule has 0 saturated carbocycles. The Morgan fingerprint density at radius 1 is 1.56 bits per heavy atom. The van der Waals surface area contributed by atoms with Gasteiger partial charge in [0.05, 0.1) is 0 Å². The first-order valence-corrected chi connectivity index (χ1v) is 6.39. The first-order chi connectivity index (χ1) is 7.68. The summed E-state index contributed by atoms with van der Waals surface area (Å²) in [7, 11) is 0. The lowest BCUT2D eigenvalue weighted by molar-refractivity contribution is 0.198. The van der Waals surface area contributed by atoms with Crippen LogP contribution < -0.4 is 0 Å². The van der Waals surface area contributed by atoms with Crippen LogP contribution in [-0.2, 0) is 6.54 Å². The number of hydrogen-bond donors (Lipinski definition) is 0. The molecule has 0 radical (unpaired) electrons. The molecule has 1 atom stereocenters. The first kappa shape index (κ1) is 11.9. The van der Waals surface area contributed by atoms with E-state index in [4.69, 9.17) is 11.6 Å². The number of halogens is 1. The van der Waals surface area contributed by atoms with Gasteiger partial charge in [-0.25, -0.2) is 4.98 Å². The van der Waals surface area contributed by atoms with Gasteiger partial charge >= 0.3 is 0 Å². The lowest BCUT2D eigenvalue weighted by Gasteiger charge is -2.27. The second-order valence-corrected chi connectivity index (χ2v) is 5.24. The monoisotopic (exact) mass is 238 g/mol. The molecule has 1 fully saturated rings. The molecule has 0 spiro atoms. The molecule has 1 aliphatic rings. The highest BCUT2D eigenvalue weighted by atomic mass is 35.5. The lowest BCUT2D eigenvalue weighted by atomic mass is 10.0. The maximum Gasteiger partial charge on any atom is 0.133 e. The van der Waals surface area contributed by atoms with E-state index < -0.39 is 0 Å². The quantitative estimate of drug-likeness (QED) is 0.751. The van der Waals surface area contributed by atoms with Crippen LogP contribution >= 0.6 is 11.6 Å². The van der Waals surface area contributed by atoms with Crippen LogP contribution in [0.3, 0.4) is 0 Å². The molecule has 2 heterocycles. The second kappa shape index (κ2) is 5.15. The standard InChI is InChI=1S/C13H19ClN2/c1-10(2)12-6-4-8-16(12)9-11-5-3-7-15-13(11)14/h3,5,7,10,12H,4,6,8-9H2,1-2H3. The van der Waals surface area contributed by atoms with E-state index in [2.05, 4.69) is 29.8 Å². The fourth-order valence-corrected chi connectivity index (χ4v) is 2.74. The van der Waals surface area contributed by atoms with Crippen LogP contribution in [0.15, 0.2) is 18.3 Å². The SMILES string of the molecule is CC(C)C1CCCN1Cc1cccnc1Cl. The molecular formula is C13H19ClN2. The predicted molar refractivity (Wildman–Crippen MR) is 67.5 cm³/mol. The maximum atomic E-state index is 6.09. The van der Waals surface area contributed by atoms with Gasteiger partial charge in [0, 0.05) is 24.3 Å². The largest absolute Gasteiger partial charge is 0.296 e. The van der Waals surface area contributed by atoms with Crippen molar-refractivity contribution in [3.05, 3.63) is 29.0 Å². The topological polar surface area (TPSA) is 16.1 Å². The van der Waals surface area contributed by atoms with Gasteiger partial charge in [-0.05, 0) is 31.4 Å². The van der Waals surface area contributed by atoms with E-state index in [1.165, 1.54) is 19.4 Å². The summed E-state index contributed by atoms with van der Waals surface area (Å²) in [5.74, 6) is 0.720. The fraction of sp³-hybridized carbons (Fsp3) is 0.615. The molecule has 16 heavy (non-hydrogen) atoms. The summed E-state index contributed by atoms with van der Waals surface area (Å²) in [6, 6.07) is 4.74. The Hall–Kier alpha value is -0.600. The molecule has 0 amide bonds. The van der Waals surface area contributed by atoms with Gasteiger partial charge in [-0.3, -0.25) is 4.90 Å². The number of likely N-dealkylation sites (tertiary alicyclic amines) is 1. The van der Waals surface area contributed by atoms with Gasteiger partial charge in [-0.1, -0.05) is 31.5 Å². The summed E-state index contributed by atoms with van der Waals surface area (Å²) in [6.07, 6.45) is 4.37. The van der Waals surface area contributed by atoms with E-state index in [9.17, 15) is 0 Å². The van der Waals surface area contributed by atoms with E-state index >= 15 is 0 Å². The van der Waals surface area contributed by atoms with Crippen molar-refractivity contribution in [3.8, 4) is 0 Å². The van der Waals surface area contributed by atoms with E-state index in [0.717, 1.165) is 18.0 Å². The Labute approximate surface area is 103 Å². The number of aromatic nitrogens is 1. The lowest BCUT2D eigenvalue weighted by Crippen LogP contribution is -2.32. The van der Waals surface area contributed by atoms with Crippen molar-refractivity contribution in [1.29, 1.82) is 0 Å². The van der Waals surface area contributed by atoms with E-state index in [1.807, 2.05) is 6.07 Å². The van der Waals surface area contributed by atoms with Crippen molar-refractivity contribution >= 4 is 11.6 Å². The number of nitrogens with zero attached hydrogens (tertiary/aromatic N) is 2. The predicted octanol–water partition coefficient (Wildman–Crippen LogP) is 3.36. The molecule has 0 N–H and O–H groups in total. The van der Waals surface area contributed by atoms with Crippen LogP contribution in [0.5, 0.6) is 0 Å². The Kier molecular flexibility index (Phi) is 3.82. The van der Waals surface area contributed by atoms with E-state index in [0.29, 0.717) is 11.2 Å². The molecule has 1 aromatic rings. The van der Waals surface area contributed by atoms with Crippen molar-refractivity contribution in [1.82, 2.24) is 9.88 Å². The molecule has 1 unspecified atom stereocenters. The molecular weight excluding hydrogens is 220 g/mol. The van der Waals surface area contributed by atoms with E-state index in [-0.39, 0.29) is 0 Å². The third-order valence-electron chi connectivity index (χ3n) is 3.39. The normalized spacial score (nSPS) is 21.9. The van der Waals surface area contributed by atoms with E-state index in [1.54, 1.807) is 6.20 Å². The van der Waals surface area contributed by atoms with Crippen molar-refractivity contribution in [2.75, 3.05) is 6.54 Å². The average Bonchev–Trinajstić information content (AvgIpc) is 2.69. The first-order valence-electron chi connectivity index (χ1n) is 6.02. The van der Waals surface area contributed by atoms with Crippen molar-refractivity contribution < 1.29 is 0 Å². The van der Waals surface area contributed by atoms with Crippen molar-refractivity contribution in [2.24, 2.45) is 5.92 Å². The highest BCUT2D eigenvalue weighted by Gasteiger charge is 2.27. The molecule has 2 nitrogen and oxygen atoms in total. The molecule has 0 aromatic carbocycles.